The first-order valence-electron chi connectivity index (χ1n) is 10.7. The van der Waals surface area contributed by atoms with Gasteiger partial charge in [0.1, 0.15) is 5.82 Å². The fourth-order valence-electron chi connectivity index (χ4n) is 4.30. The van der Waals surface area contributed by atoms with Crippen molar-refractivity contribution in [3.05, 3.63) is 64.2 Å². The molecule has 3 N–H and O–H groups in total. The molecule has 32 heavy (non-hydrogen) atoms. The molecule has 0 unspecified atom stereocenters. The van der Waals surface area contributed by atoms with E-state index < -0.39 is 17.4 Å². The van der Waals surface area contributed by atoms with E-state index >= 15 is 0 Å². The Morgan fingerprint density at radius 2 is 1.94 bits per heavy atom. The first-order valence-corrected chi connectivity index (χ1v) is 11.7. The maximum Gasteiger partial charge on any atom is 0.374 e. The van der Waals surface area contributed by atoms with Crippen molar-refractivity contribution in [2.45, 2.75) is 43.4 Å². The van der Waals surface area contributed by atoms with Crippen LogP contribution in [-0.2, 0) is 10.5 Å². The van der Waals surface area contributed by atoms with Crippen LogP contribution in [-0.4, -0.2) is 21.7 Å². The van der Waals surface area contributed by atoms with Gasteiger partial charge in [0.2, 0.25) is 5.16 Å². The van der Waals surface area contributed by atoms with Crippen molar-refractivity contribution < 1.29 is 13.9 Å². The SMILES string of the molecule is CCCCCCSc1n[n+]2c(c(=O)[nH]1)-c1ccccc1N[C@]21C(=O)Nc2ccc(F)cc21. The highest BCUT2D eigenvalue weighted by Gasteiger charge is 2.62. The normalized spacial score (nSPS) is 18.0. The number of benzene rings is 2. The van der Waals surface area contributed by atoms with Crippen molar-refractivity contribution in [3.63, 3.8) is 0 Å². The number of amides is 1. The Bertz CT molecular complexity index is 1280. The van der Waals surface area contributed by atoms with Gasteiger partial charge in [0.05, 0.1) is 22.5 Å². The molecule has 0 fully saturated rings. The molecule has 164 valence electrons. The molecule has 0 saturated carbocycles. The maximum absolute atomic E-state index is 14.3. The summed E-state index contributed by atoms with van der Waals surface area (Å²) in [7, 11) is 0. The summed E-state index contributed by atoms with van der Waals surface area (Å²) in [6, 6.07) is 11.4. The summed E-state index contributed by atoms with van der Waals surface area (Å²) in [5.41, 5.74) is 0.449. The van der Waals surface area contributed by atoms with Crippen molar-refractivity contribution >= 4 is 29.0 Å². The Morgan fingerprint density at radius 1 is 1.09 bits per heavy atom. The van der Waals surface area contributed by atoms with Crippen molar-refractivity contribution in [1.82, 2.24) is 10.1 Å². The van der Waals surface area contributed by atoms with E-state index in [0.29, 0.717) is 27.7 Å². The van der Waals surface area contributed by atoms with Gasteiger partial charge in [-0.1, -0.05) is 50.1 Å². The number of halogens is 1. The number of H-pyrrole nitrogens is 1. The van der Waals surface area contributed by atoms with Crippen LogP contribution >= 0.6 is 11.8 Å². The highest BCUT2D eigenvalue weighted by molar-refractivity contribution is 7.99. The maximum atomic E-state index is 14.3. The predicted octanol–water partition coefficient (Wildman–Crippen LogP) is 3.61. The van der Waals surface area contributed by atoms with Crippen LogP contribution in [0, 0.1) is 5.82 Å². The summed E-state index contributed by atoms with van der Waals surface area (Å²) in [4.78, 5) is 29.5. The summed E-state index contributed by atoms with van der Waals surface area (Å²) in [5, 5.41) is 11.2. The second-order valence-corrected chi connectivity index (χ2v) is 9.04. The summed E-state index contributed by atoms with van der Waals surface area (Å²) >= 11 is 1.45. The van der Waals surface area contributed by atoms with Gasteiger partial charge in [-0.25, -0.2) is 4.39 Å². The molecule has 1 amide bonds. The number of carbonyl (C=O) groups excluding carboxylic acids is 1. The zero-order chi connectivity index (χ0) is 22.3. The molecule has 9 heteroatoms. The van der Waals surface area contributed by atoms with Crippen molar-refractivity contribution in [2.75, 3.05) is 16.4 Å². The van der Waals surface area contributed by atoms with Crippen molar-refractivity contribution in [1.29, 1.82) is 0 Å². The molecule has 2 aliphatic heterocycles. The van der Waals surface area contributed by atoms with Gasteiger partial charge >= 0.3 is 22.8 Å². The molecule has 7 nitrogen and oxygen atoms in total. The summed E-state index contributed by atoms with van der Waals surface area (Å²) in [6.07, 6.45) is 4.42. The van der Waals surface area contributed by atoms with Crippen molar-refractivity contribution in [2.24, 2.45) is 0 Å². The number of unbranched alkanes of at least 4 members (excludes halogenated alkanes) is 3. The molecule has 0 saturated heterocycles. The van der Waals surface area contributed by atoms with E-state index in [9.17, 15) is 14.0 Å². The lowest BCUT2D eigenvalue weighted by Crippen LogP contribution is -2.71. The Kier molecular flexibility index (Phi) is 5.21. The monoisotopic (exact) mass is 452 g/mol. The average molecular weight is 453 g/mol. The number of rotatable bonds is 6. The van der Waals surface area contributed by atoms with Crippen LogP contribution in [0.1, 0.15) is 38.2 Å². The quantitative estimate of drug-likeness (QED) is 0.302. The second kappa shape index (κ2) is 8.05. The summed E-state index contributed by atoms with van der Waals surface area (Å²) < 4.78 is 15.7. The van der Waals surface area contributed by atoms with Gasteiger partial charge in [-0.15, -0.1) is 0 Å². The zero-order valence-electron chi connectivity index (χ0n) is 17.6. The van der Waals surface area contributed by atoms with Crippen molar-refractivity contribution in [3.8, 4) is 11.3 Å². The highest BCUT2D eigenvalue weighted by Crippen LogP contribution is 2.41. The van der Waals surface area contributed by atoms with Crippen LogP contribution in [0.3, 0.4) is 0 Å². The molecule has 3 aromatic rings. The minimum atomic E-state index is -1.56. The standard InChI is InChI=1S/C23H22FN5O2S/c1-2-3-4-7-12-32-22-26-20(30)19-15-8-5-6-9-17(15)27-23(29(19)28-22)16-13-14(24)10-11-18(16)25-21(23)31/h5-6,8-11,13H,2-4,7,12H2,1H3,(H2,25,26,28,30,31)/p+1/t23-/m0/s1. The molecule has 0 radical (unpaired) electrons. The molecular formula is C23H23FN5O2S+. The minimum absolute atomic E-state index is 0.252. The number of nitrogens with one attached hydrogen (secondary N) is 3. The average Bonchev–Trinajstić information content (AvgIpc) is 3.05. The molecule has 3 heterocycles. The van der Waals surface area contributed by atoms with Crippen LogP contribution < -0.4 is 20.9 Å². The molecule has 1 atom stereocenters. The number of carbonyl (C=O) groups is 1. The zero-order valence-corrected chi connectivity index (χ0v) is 18.4. The first kappa shape index (κ1) is 20.7. The minimum Gasteiger partial charge on any atom is -0.317 e. The lowest BCUT2D eigenvalue weighted by molar-refractivity contribution is -0.781. The first-order chi connectivity index (χ1) is 15.5. The Morgan fingerprint density at radius 3 is 2.78 bits per heavy atom. The van der Waals surface area contributed by atoms with Gasteiger partial charge in [-0.2, -0.15) is 0 Å². The Hall–Kier alpha value is -3.20. The molecule has 5 rings (SSSR count). The number of anilines is 2. The Labute approximate surface area is 188 Å². The highest BCUT2D eigenvalue weighted by atomic mass is 32.2. The number of hydrogen-bond acceptors (Lipinski definition) is 5. The predicted molar refractivity (Wildman–Crippen MR) is 121 cm³/mol. The summed E-state index contributed by atoms with van der Waals surface area (Å²) in [6.45, 7) is 2.16. The topological polar surface area (TPSA) is 90.8 Å². The number of nitrogens with zero attached hydrogens (tertiary/aromatic N) is 2. The van der Waals surface area contributed by atoms with E-state index in [2.05, 4.69) is 27.6 Å². The van der Waals surface area contributed by atoms with Gasteiger partial charge in [0.25, 0.3) is 0 Å². The smallest absolute Gasteiger partial charge is 0.317 e. The van der Waals surface area contributed by atoms with Gasteiger partial charge < -0.3 is 10.6 Å². The van der Waals surface area contributed by atoms with Gasteiger partial charge in [0.15, 0.2) is 0 Å². The third-order valence-corrected chi connectivity index (χ3v) is 6.79. The molecule has 0 aliphatic carbocycles. The Balaban J connectivity index is 1.68. The largest absolute Gasteiger partial charge is 0.374 e. The third kappa shape index (κ3) is 3.19. The molecule has 1 spiro atoms. The van der Waals surface area contributed by atoms with Crippen LogP contribution in [0.5, 0.6) is 0 Å². The number of para-hydroxylation sites is 1. The second-order valence-electron chi connectivity index (χ2n) is 7.95. The van der Waals surface area contributed by atoms with E-state index in [1.54, 1.807) is 12.1 Å². The fraction of sp³-hybridized carbons (Fsp3) is 0.304. The van der Waals surface area contributed by atoms with Crippen LogP contribution in [0.4, 0.5) is 15.8 Å². The van der Waals surface area contributed by atoms with E-state index in [1.165, 1.54) is 34.6 Å². The van der Waals surface area contributed by atoms with E-state index in [4.69, 9.17) is 0 Å². The van der Waals surface area contributed by atoms with E-state index in [0.717, 1.165) is 31.4 Å². The number of hydrogen-bond donors (Lipinski definition) is 3. The number of aromatic amines is 1. The molecule has 0 bridgehead atoms. The molecular weight excluding hydrogens is 429 g/mol. The van der Waals surface area contributed by atoms with Gasteiger partial charge in [0, 0.05) is 10.9 Å². The third-order valence-electron chi connectivity index (χ3n) is 5.84. The number of aromatic nitrogens is 3. The van der Waals surface area contributed by atoms with Crippen LogP contribution in [0.25, 0.3) is 11.3 Å². The molecule has 2 aromatic carbocycles. The van der Waals surface area contributed by atoms with Gasteiger partial charge in [-0.05, 0) is 41.4 Å². The summed E-state index contributed by atoms with van der Waals surface area (Å²) in [5.74, 6) is -0.0925. The lowest BCUT2D eigenvalue weighted by Gasteiger charge is -2.28. The number of fused-ring (bicyclic) bond motifs is 6. The molecule has 1 aromatic heterocycles. The van der Waals surface area contributed by atoms with Crippen LogP contribution in [0.2, 0.25) is 0 Å². The van der Waals surface area contributed by atoms with Crippen LogP contribution in [0.15, 0.2) is 52.4 Å². The molecule has 2 aliphatic rings. The van der Waals surface area contributed by atoms with Gasteiger partial charge in [-0.3, -0.25) is 14.6 Å². The lowest BCUT2D eigenvalue weighted by atomic mass is 9.95. The van der Waals surface area contributed by atoms with E-state index in [-0.39, 0.29) is 11.3 Å². The number of thioether (sulfide) groups is 1. The fourth-order valence-corrected chi connectivity index (χ4v) is 5.15. The van der Waals surface area contributed by atoms with E-state index in [1.807, 2.05) is 12.1 Å².